The fraction of sp³-hybridized carbons (Fsp3) is 0.812. The summed E-state index contributed by atoms with van der Waals surface area (Å²) in [6, 6.07) is 0.262. The summed E-state index contributed by atoms with van der Waals surface area (Å²) in [6.45, 7) is 0.650. The van der Waals surface area contributed by atoms with E-state index in [1.165, 1.54) is 11.3 Å². The first kappa shape index (κ1) is 15.5. The zero-order valence-corrected chi connectivity index (χ0v) is 12.9. The molecular weight excluding hydrogens is 282 g/mol. The van der Waals surface area contributed by atoms with Gasteiger partial charge in [0.1, 0.15) is 0 Å². The van der Waals surface area contributed by atoms with Crippen LogP contribution in [-0.4, -0.2) is 41.8 Å². The van der Waals surface area contributed by atoms with Gasteiger partial charge < -0.3 is 11.1 Å². The maximum absolute atomic E-state index is 12.3. The second-order valence-electron chi connectivity index (χ2n) is 6.93. The van der Waals surface area contributed by atoms with Crippen LogP contribution in [0.2, 0.25) is 0 Å². The molecule has 3 rings (SSSR count). The first-order chi connectivity index (χ1) is 10.6. The molecule has 0 spiro atoms. The molecule has 1 saturated heterocycles. The minimum Gasteiger partial charge on any atom is -0.354 e. The fourth-order valence-electron chi connectivity index (χ4n) is 4.31. The second-order valence-corrected chi connectivity index (χ2v) is 6.93. The van der Waals surface area contributed by atoms with E-state index < -0.39 is 0 Å². The van der Waals surface area contributed by atoms with E-state index in [4.69, 9.17) is 5.73 Å². The maximum Gasteiger partial charge on any atom is 0.229 e. The van der Waals surface area contributed by atoms with Gasteiger partial charge in [0.2, 0.25) is 17.7 Å². The molecule has 3 amide bonds. The molecule has 2 unspecified atom stereocenters. The third-order valence-electron chi connectivity index (χ3n) is 5.57. The Labute approximate surface area is 130 Å². The van der Waals surface area contributed by atoms with Crippen LogP contribution in [0.5, 0.6) is 0 Å². The Kier molecular flexibility index (Phi) is 4.47. The van der Waals surface area contributed by atoms with Gasteiger partial charge in [-0.2, -0.15) is 0 Å². The molecule has 2 bridgehead atoms. The number of fused-ring (bicyclic) bond motifs is 2. The lowest BCUT2D eigenvalue weighted by Gasteiger charge is -2.43. The number of rotatable bonds is 4. The van der Waals surface area contributed by atoms with Crippen molar-refractivity contribution in [2.45, 2.75) is 51.0 Å². The highest BCUT2D eigenvalue weighted by Crippen LogP contribution is 2.41. The van der Waals surface area contributed by atoms with Crippen LogP contribution in [0.25, 0.3) is 0 Å². The van der Waals surface area contributed by atoms with Crippen LogP contribution in [0.15, 0.2) is 0 Å². The van der Waals surface area contributed by atoms with Crippen LogP contribution in [0.4, 0.5) is 0 Å². The number of hydrogen-bond acceptors (Lipinski definition) is 4. The van der Waals surface area contributed by atoms with E-state index in [0.29, 0.717) is 37.8 Å². The summed E-state index contributed by atoms with van der Waals surface area (Å²) in [5.74, 6) is 0.799. The van der Waals surface area contributed by atoms with Gasteiger partial charge in [-0.15, -0.1) is 0 Å². The molecule has 0 aromatic heterocycles. The molecule has 2 atom stereocenters. The molecule has 22 heavy (non-hydrogen) atoms. The van der Waals surface area contributed by atoms with Crippen LogP contribution in [-0.2, 0) is 14.4 Å². The molecule has 0 aromatic carbocycles. The van der Waals surface area contributed by atoms with E-state index in [9.17, 15) is 14.4 Å². The monoisotopic (exact) mass is 307 g/mol. The van der Waals surface area contributed by atoms with E-state index in [0.717, 1.165) is 25.7 Å². The summed E-state index contributed by atoms with van der Waals surface area (Å²) in [5, 5.41) is 2.90. The number of nitrogens with two attached hydrogens (primary N) is 1. The lowest BCUT2D eigenvalue weighted by Crippen LogP contribution is -2.49. The highest BCUT2D eigenvalue weighted by Gasteiger charge is 2.40. The van der Waals surface area contributed by atoms with Crippen LogP contribution in [0.1, 0.15) is 44.9 Å². The van der Waals surface area contributed by atoms with Crippen LogP contribution in [0, 0.1) is 17.8 Å². The third-order valence-corrected chi connectivity index (χ3v) is 5.57. The molecule has 1 heterocycles. The predicted molar refractivity (Wildman–Crippen MR) is 80.5 cm³/mol. The molecule has 3 aliphatic rings. The molecule has 6 heteroatoms. The van der Waals surface area contributed by atoms with Crippen molar-refractivity contribution >= 4 is 17.7 Å². The van der Waals surface area contributed by atoms with Gasteiger partial charge >= 0.3 is 0 Å². The number of imide groups is 1. The third kappa shape index (κ3) is 3.02. The minimum absolute atomic E-state index is 0.0417. The van der Waals surface area contributed by atoms with Crippen LogP contribution in [0.3, 0.4) is 0 Å². The summed E-state index contributed by atoms with van der Waals surface area (Å²) in [7, 11) is 0. The first-order valence-electron chi connectivity index (χ1n) is 8.42. The molecule has 3 N–H and O–H groups in total. The average molecular weight is 307 g/mol. The van der Waals surface area contributed by atoms with Crippen molar-refractivity contribution in [2.24, 2.45) is 23.5 Å². The average Bonchev–Trinajstić information content (AvgIpc) is 2.78. The quantitative estimate of drug-likeness (QED) is 0.736. The Hall–Kier alpha value is -1.43. The first-order valence-corrected chi connectivity index (χ1v) is 8.42. The lowest BCUT2D eigenvalue weighted by molar-refractivity contribution is -0.139. The number of nitrogens with zero attached hydrogens (tertiary/aromatic N) is 1. The fourth-order valence-corrected chi connectivity index (χ4v) is 4.31. The van der Waals surface area contributed by atoms with Crippen LogP contribution < -0.4 is 11.1 Å². The molecule has 3 fully saturated rings. The van der Waals surface area contributed by atoms with E-state index in [-0.39, 0.29) is 29.7 Å². The molecule has 2 saturated carbocycles. The zero-order valence-electron chi connectivity index (χ0n) is 12.9. The van der Waals surface area contributed by atoms with Crippen molar-refractivity contribution in [3.05, 3.63) is 0 Å². The molecule has 0 radical (unpaired) electrons. The number of carbonyl (C=O) groups is 3. The predicted octanol–water partition coefficient (Wildman–Crippen LogP) is 0.405. The number of hydrogen-bond donors (Lipinski definition) is 2. The lowest BCUT2D eigenvalue weighted by atomic mass is 9.65. The number of amides is 3. The van der Waals surface area contributed by atoms with Gasteiger partial charge in [-0.1, -0.05) is 6.42 Å². The second kappa shape index (κ2) is 6.36. The Morgan fingerprint density at radius 3 is 2.32 bits per heavy atom. The summed E-state index contributed by atoms with van der Waals surface area (Å²) >= 11 is 0. The summed E-state index contributed by atoms with van der Waals surface area (Å²) in [5.41, 5.74) is 6.25. The van der Waals surface area contributed by atoms with Crippen molar-refractivity contribution in [2.75, 3.05) is 13.1 Å². The van der Waals surface area contributed by atoms with Gasteiger partial charge in [-0.3, -0.25) is 19.3 Å². The molecule has 122 valence electrons. The smallest absolute Gasteiger partial charge is 0.229 e. The van der Waals surface area contributed by atoms with E-state index in [1.807, 2.05) is 0 Å². The van der Waals surface area contributed by atoms with Gasteiger partial charge in [0.05, 0.1) is 0 Å². The highest BCUT2D eigenvalue weighted by atomic mass is 16.2. The Morgan fingerprint density at radius 1 is 1.14 bits per heavy atom. The number of nitrogens with one attached hydrogen (secondary N) is 1. The Balaban J connectivity index is 1.46. The largest absolute Gasteiger partial charge is 0.354 e. The molecule has 1 aliphatic heterocycles. The van der Waals surface area contributed by atoms with E-state index in [2.05, 4.69) is 5.32 Å². The van der Waals surface area contributed by atoms with Crippen molar-refractivity contribution in [1.82, 2.24) is 10.2 Å². The summed E-state index contributed by atoms with van der Waals surface area (Å²) in [4.78, 5) is 36.6. The number of carbonyl (C=O) groups excluding carboxylic acids is 3. The Bertz CT molecular complexity index is 449. The zero-order chi connectivity index (χ0) is 15.7. The van der Waals surface area contributed by atoms with Crippen LogP contribution >= 0.6 is 0 Å². The highest BCUT2D eigenvalue weighted by molar-refractivity contribution is 6.01. The topological polar surface area (TPSA) is 92.5 Å². The maximum atomic E-state index is 12.3. The molecule has 0 aromatic rings. The van der Waals surface area contributed by atoms with Crippen molar-refractivity contribution < 1.29 is 14.4 Å². The van der Waals surface area contributed by atoms with Gasteiger partial charge in [0, 0.05) is 37.9 Å². The number of likely N-dealkylation sites (tertiary alicyclic amines) is 1. The molecule has 2 aliphatic carbocycles. The van der Waals surface area contributed by atoms with E-state index in [1.54, 1.807) is 0 Å². The molecule has 6 nitrogen and oxygen atoms in total. The van der Waals surface area contributed by atoms with Gasteiger partial charge in [-0.25, -0.2) is 0 Å². The van der Waals surface area contributed by atoms with Crippen molar-refractivity contribution in [3.63, 3.8) is 0 Å². The van der Waals surface area contributed by atoms with Gasteiger partial charge in [0.25, 0.3) is 0 Å². The van der Waals surface area contributed by atoms with E-state index >= 15 is 0 Å². The summed E-state index contributed by atoms with van der Waals surface area (Å²) < 4.78 is 0. The van der Waals surface area contributed by atoms with Crippen molar-refractivity contribution in [1.29, 1.82) is 0 Å². The van der Waals surface area contributed by atoms with Gasteiger partial charge in [0.15, 0.2) is 0 Å². The molecular formula is C16H25N3O3. The summed E-state index contributed by atoms with van der Waals surface area (Å²) in [6.07, 6.45) is 5.87. The SMILES string of the molecule is NC1C2CCCC1CC(C(=O)NCCN1C(=O)CCC1=O)C2. The van der Waals surface area contributed by atoms with Crippen molar-refractivity contribution in [3.8, 4) is 0 Å². The van der Waals surface area contributed by atoms with Gasteiger partial charge in [-0.05, 0) is 37.5 Å². The Morgan fingerprint density at radius 2 is 1.73 bits per heavy atom. The standard InChI is InChI=1S/C16H25N3O3/c17-15-10-2-1-3-11(15)9-12(8-10)16(22)18-6-7-19-13(20)4-5-14(19)21/h10-12,15H,1-9,17H2,(H,18,22). The normalized spacial score (nSPS) is 34.9. The minimum atomic E-state index is -0.127.